The summed E-state index contributed by atoms with van der Waals surface area (Å²) in [6, 6.07) is 3.73. The molecule has 1 rings (SSSR count). The Labute approximate surface area is 42.3 Å². The first-order valence-electron chi connectivity index (χ1n) is 1.99. The molecule has 1 radical (unpaired) electrons. The van der Waals surface area contributed by atoms with Crippen LogP contribution >= 0.6 is 0 Å². The highest BCUT2D eigenvalue weighted by molar-refractivity contribution is 4.87. The van der Waals surface area contributed by atoms with E-state index in [1.807, 2.05) is 12.1 Å². The van der Waals surface area contributed by atoms with Gasteiger partial charge in [0.25, 0.3) is 0 Å². The van der Waals surface area contributed by atoms with E-state index in [0.717, 1.165) is 0 Å². The molecular weight excluding hydrogens is 90.1 g/mol. The van der Waals surface area contributed by atoms with Gasteiger partial charge in [-0.2, -0.15) is 4.73 Å². The van der Waals surface area contributed by atoms with Gasteiger partial charge in [-0.15, -0.1) is 0 Å². The average Bonchev–Trinajstić information content (AvgIpc) is 2.14. The topological polar surface area (TPSA) is 14.2 Å². The van der Waals surface area contributed by atoms with Gasteiger partial charge in [0, 0.05) is 12.4 Å². The molecule has 0 unspecified atom stereocenters. The molecule has 2 nitrogen and oxygen atoms in total. The van der Waals surface area contributed by atoms with Crippen molar-refractivity contribution in [3.8, 4) is 0 Å². The summed E-state index contributed by atoms with van der Waals surface area (Å²) in [5.74, 6) is 0. The largest absolute Gasteiger partial charge is 0.411 e. The number of aromatic nitrogens is 1. The van der Waals surface area contributed by atoms with E-state index in [1.165, 1.54) is 4.73 Å². The van der Waals surface area contributed by atoms with Gasteiger partial charge in [0.05, 0.1) is 0 Å². The highest BCUT2D eigenvalue weighted by atomic mass is 16.6. The molecule has 0 aliphatic rings. The number of rotatable bonds is 1. The van der Waals surface area contributed by atoms with Crippen LogP contribution in [0.1, 0.15) is 0 Å². The van der Waals surface area contributed by atoms with Crippen LogP contribution < -0.4 is 4.84 Å². The molecule has 0 N–H and O–H groups in total. The van der Waals surface area contributed by atoms with Crippen LogP contribution in [0.25, 0.3) is 0 Å². The zero-order chi connectivity index (χ0) is 5.11. The first-order valence-corrected chi connectivity index (χ1v) is 1.99. The highest BCUT2D eigenvalue weighted by Crippen LogP contribution is 1.82. The Morgan fingerprint density at radius 2 is 1.86 bits per heavy atom. The monoisotopic (exact) mass is 96.0 g/mol. The Hall–Kier alpha value is -0.920. The van der Waals surface area contributed by atoms with Crippen LogP contribution in [0.3, 0.4) is 0 Å². The molecule has 1 heterocycles. The maximum atomic E-state index is 4.52. The van der Waals surface area contributed by atoms with Gasteiger partial charge in [-0.3, -0.25) is 0 Å². The fourth-order valence-corrected chi connectivity index (χ4v) is 0.405. The second kappa shape index (κ2) is 1.69. The molecule has 37 valence electrons. The molecule has 7 heavy (non-hydrogen) atoms. The van der Waals surface area contributed by atoms with Gasteiger partial charge < -0.3 is 4.84 Å². The fourth-order valence-electron chi connectivity index (χ4n) is 0.405. The Morgan fingerprint density at radius 3 is 2.14 bits per heavy atom. The van der Waals surface area contributed by atoms with E-state index in [2.05, 4.69) is 11.9 Å². The lowest BCUT2D eigenvalue weighted by Crippen LogP contribution is -1.97. The molecule has 0 bridgehead atoms. The van der Waals surface area contributed by atoms with Crippen molar-refractivity contribution in [1.82, 2.24) is 4.73 Å². The van der Waals surface area contributed by atoms with Crippen molar-refractivity contribution >= 4 is 0 Å². The minimum Gasteiger partial charge on any atom is -0.411 e. The van der Waals surface area contributed by atoms with Gasteiger partial charge in [-0.25, -0.2) is 0 Å². The average molecular weight is 96.1 g/mol. The number of hydrogen-bond acceptors (Lipinski definition) is 1. The summed E-state index contributed by atoms with van der Waals surface area (Å²) >= 11 is 0. The minimum absolute atomic E-state index is 1.51. The van der Waals surface area contributed by atoms with E-state index in [-0.39, 0.29) is 0 Å². The van der Waals surface area contributed by atoms with E-state index >= 15 is 0 Å². The van der Waals surface area contributed by atoms with Crippen LogP contribution in [-0.2, 0) is 0 Å². The quantitative estimate of drug-likeness (QED) is 0.502. The standard InChI is InChI=1S/C5H6NO/c1-7-6-4-2-3-5-6/h2-5H,1H2. The van der Waals surface area contributed by atoms with Gasteiger partial charge in [0.15, 0.2) is 7.11 Å². The Bertz CT molecular complexity index is 123. The summed E-state index contributed by atoms with van der Waals surface area (Å²) < 4.78 is 1.51. The molecule has 0 atom stereocenters. The van der Waals surface area contributed by atoms with Crippen molar-refractivity contribution in [3.05, 3.63) is 31.6 Å². The molecular formula is C5H6NO. The van der Waals surface area contributed by atoms with Crippen molar-refractivity contribution in [2.75, 3.05) is 0 Å². The van der Waals surface area contributed by atoms with Crippen molar-refractivity contribution in [2.45, 2.75) is 0 Å². The van der Waals surface area contributed by atoms with E-state index in [9.17, 15) is 0 Å². The van der Waals surface area contributed by atoms with Crippen molar-refractivity contribution in [1.29, 1.82) is 0 Å². The van der Waals surface area contributed by atoms with Gasteiger partial charge in [-0.1, -0.05) is 0 Å². The Morgan fingerprint density at radius 1 is 1.29 bits per heavy atom. The second-order valence-electron chi connectivity index (χ2n) is 1.17. The molecule has 0 saturated heterocycles. The van der Waals surface area contributed by atoms with Crippen LogP contribution in [0.2, 0.25) is 0 Å². The summed E-state index contributed by atoms with van der Waals surface area (Å²) in [4.78, 5) is 4.52. The Kier molecular flexibility index (Phi) is 1.02. The third-order valence-electron chi connectivity index (χ3n) is 0.726. The lowest BCUT2D eigenvalue weighted by molar-refractivity contribution is 0.207. The first-order chi connectivity index (χ1) is 3.43. The summed E-state index contributed by atoms with van der Waals surface area (Å²) in [6.07, 6.45) is 3.54. The summed E-state index contributed by atoms with van der Waals surface area (Å²) in [5, 5.41) is 0. The molecule has 0 aromatic carbocycles. The van der Waals surface area contributed by atoms with Crippen molar-refractivity contribution < 1.29 is 4.84 Å². The zero-order valence-electron chi connectivity index (χ0n) is 3.87. The predicted octanol–water partition coefficient (Wildman–Crippen LogP) is 0.708. The molecule has 0 spiro atoms. The second-order valence-corrected chi connectivity index (χ2v) is 1.17. The zero-order valence-corrected chi connectivity index (χ0v) is 3.87. The van der Waals surface area contributed by atoms with Crippen LogP contribution in [-0.4, -0.2) is 4.73 Å². The van der Waals surface area contributed by atoms with Gasteiger partial charge in [0.2, 0.25) is 0 Å². The maximum Gasteiger partial charge on any atom is 0.151 e. The van der Waals surface area contributed by atoms with Gasteiger partial charge >= 0.3 is 0 Å². The fraction of sp³-hybridized carbons (Fsp3) is 0. The third kappa shape index (κ3) is 0.738. The molecule has 1 aromatic heterocycles. The predicted molar refractivity (Wildman–Crippen MR) is 26.4 cm³/mol. The van der Waals surface area contributed by atoms with E-state index in [0.29, 0.717) is 0 Å². The van der Waals surface area contributed by atoms with E-state index < -0.39 is 0 Å². The minimum atomic E-state index is 1.51. The third-order valence-corrected chi connectivity index (χ3v) is 0.726. The van der Waals surface area contributed by atoms with E-state index in [4.69, 9.17) is 0 Å². The Balaban J connectivity index is 2.76. The molecule has 0 amide bonds. The van der Waals surface area contributed by atoms with Crippen LogP contribution in [0.5, 0.6) is 0 Å². The molecule has 1 aromatic rings. The number of hydrogen-bond donors (Lipinski definition) is 0. The number of nitrogens with zero attached hydrogens (tertiary/aromatic N) is 1. The van der Waals surface area contributed by atoms with Crippen LogP contribution in [0.15, 0.2) is 24.5 Å². The van der Waals surface area contributed by atoms with Crippen molar-refractivity contribution in [2.24, 2.45) is 0 Å². The van der Waals surface area contributed by atoms with Crippen LogP contribution in [0.4, 0.5) is 0 Å². The van der Waals surface area contributed by atoms with Gasteiger partial charge in [-0.05, 0) is 12.1 Å². The summed E-state index contributed by atoms with van der Waals surface area (Å²) in [7, 11) is 3.19. The molecule has 0 saturated carbocycles. The van der Waals surface area contributed by atoms with Gasteiger partial charge in [0.1, 0.15) is 0 Å². The highest BCUT2D eigenvalue weighted by Gasteiger charge is 1.76. The molecule has 0 aliphatic heterocycles. The van der Waals surface area contributed by atoms with Crippen LogP contribution in [0, 0.1) is 7.11 Å². The van der Waals surface area contributed by atoms with E-state index in [1.54, 1.807) is 12.4 Å². The first kappa shape index (κ1) is 4.24. The maximum absolute atomic E-state index is 4.52. The lowest BCUT2D eigenvalue weighted by atomic mass is 10.7. The van der Waals surface area contributed by atoms with Crippen molar-refractivity contribution in [3.63, 3.8) is 0 Å². The smallest absolute Gasteiger partial charge is 0.151 e. The summed E-state index contributed by atoms with van der Waals surface area (Å²) in [5.41, 5.74) is 0. The SMILES string of the molecule is [CH2]On1cccc1. The lowest BCUT2D eigenvalue weighted by Gasteiger charge is -1.93. The molecule has 2 heteroatoms. The molecule has 0 fully saturated rings. The molecule has 0 aliphatic carbocycles. The summed E-state index contributed by atoms with van der Waals surface area (Å²) in [6.45, 7) is 0. The normalized spacial score (nSPS) is 8.71.